The zero-order valence-electron chi connectivity index (χ0n) is 35.6. The molecule has 0 N–H and O–H groups in total. The van der Waals surface area contributed by atoms with Crippen LogP contribution < -0.4 is 0 Å². The first kappa shape index (κ1) is 38.2. The van der Waals surface area contributed by atoms with E-state index in [4.69, 9.17) is 9.97 Å². The Labute approximate surface area is 379 Å². The Morgan fingerprint density at radius 1 is 0.246 bits per heavy atom. The van der Waals surface area contributed by atoms with Gasteiger partial charge in [-0.3, -0.25) is 0 Å². The van der Waals surface area contributed by atoms with E-state index in [-0.39, 0.29) is 0 Å². The normalized spacial score (nSPS) is 12.4. The predicted molar refractivity (Wildman–Crippen MR) is 269 cm³/mol. The molecule has 0 radical (unpaired) electrons. The first-order chi connectivity index (χ1) is 32.2. The Morgan fingerprint density at radius 3 is 1.37 bits per heavy atom. The van der Waals surface area contributed by atoms with Gasteiger partial charge in [0.1, 0.15) is 0 Å². The van der Waals surface area contributed by atoms with E-state index in [1.807, 2.05) is 24.3 Å². The first-order valence-corrected chi connectivity index (χ1v) is 22.3. The quantitative estimate of drug-likeness (QED) is 0.152. The molecule has 65 heavy (non-hydrogen) atoms. The molecular weight excluding hydrogens is 785 g/mol. The van der Waals surface area contributed by atoms with E-state index in [1.54, 1.807) is 0 Å². The number of fused-ring (bicyclic) bond motifs is 4. The Morgan fingerprint density at radius 2 is 0.708 bits per heavy atom. The van der Waals surface area contributed by atoms with Crippen molar-refractivity contribution in [3.8, 4) is 78.4 Å². The third kappa shape index (κ3) is 6.58. The Hall–Kier alpha value is -8.46. The van der Waals surface area contributed by atoms with Crippen LogP contribution in [0.3, 0.4) is 0 Å². The molecule has 1 heterocycles. The lowest BCUT2D eigenvalue weighted by molar-refractivity contribution is 0.769. The molecule has 2 heteroatoms. The fourth-order valence-corrected chi connectivity index (χ4v) is 10.2. The molecule has 1 aliphatic carbocycles. The summed E-state index contributed by atoms with van der Waals surface area (Å²) in [6.45, 7) is 0. The van der Waals surface area contributed by atoms with Crippen molar-refractivity contribution < 1.29 is 0 Å². The van der Waals surface area contributed by atoms with Crippen molar-refractivity contribution in [2.24, 2.45) is 0 Å². The van der Waals surface area contributed by atoms with E-state index in [0.717, 1.165) is 39.0 Å². The first-order valence-electron chi connectivity index (χ1n) is 22.3. The number of nitrogens with zero attached hydrogens (tertiary/aromatic N) is 2. The van der Waals surface area contributed by atoms with Gasteiger partial charge < -0.3 is 0 Å². The maximum Gasteiger partial charge on any atom is 0.160 e. The van der Waals surface area contributed by atoms with Gasteiger partial charge >= 0.3 is 0 Å². The van der Waals surface area contributed by atoms with Crippen LogP contribution in [0.5, 0.6) is 0 Å². The summed E-state index contributed by atoms with van der Waals surface area (Å²) in [6, 6.07) is 92.2. The van der Waals surface area contributed by atoms with Crippen LogP contribution in [-0.4, -0.2) is 9.97 Å². The van der Waals surface area contributed by atoms with Gasteiger partial charge in [-0.05, 0) is 108 Å². The number of rotatable bonds is 8. The van der Waals surface area contributed by atoms with Gasteiger partial charge in [0.15, 0.2) is 5.82 Å². The molecule has 2 nitrogen and oxygen atoms in total. The predicted octanol–water partition coefficient (Wildman–Crippen LogP) is 16.0. The second-order valence-electron chi connectivity index (χ2n) is 16.9. The second-order valence-corrected chi connectivity index (χ2v) is 16.9. The van der Waals surface area contributed by atoms with Crippen LogP contribution in [0.1, 0.15) is 22.3 Å². The summed E-state index contributed by atoms with van der Waals surface area (Å²) in [5, 5.41) is 2.30. The van der Waals surface area contributed by atoms with Crippen molar-refractivity contribution in [2.45, 2.75) is 5.41 Å². The highest BCUT2D eigenvalue weighted by Gasteiger charge is 2.46. The Kier molecular flexibility index (Phi) is 9.43. The summed E-state index contributed by atoms with van der Waals surface area (Å²) < 4.78 is 0. The zero-order chi connectivity index (χ0) is 43.2. The molecule has 0 amide bonds. The van der Waals surface area contributed by atoms with Crippen molar-refractivity contribution in [1.82, 2.24) is 9.97 Å². The minimum absolute atomic E-state index is 0.488. The molecule has 0 bridgehead atoms. The standard InChI is InChI=1S/C63H42N2/c1-6-20-43(21-7-1)47-38-48(46-34-35-56-55-32-18-19-33-58(55)63(59(56)41-46,50-26-12-4-13-27-50)51-28-14-5-15-29-51)40-49(39-47)52-36-37-57(54-31-17-16-30-53(52)54)61-42-60(44-22-8-2-9-23-44)64-62(65-61)45-24-10-3-11-25-45/h1-42H. The topological polar surface area (TPSA) is 25.8 Å². The number of aromatic nitrogens is 2. The van der Waals surface area contributed by atoms with Gasteiger partial charge in [-0.25, -0.2) is 9.97 Å². The highest BCUT2D eigenvalue weighted by molar-refractivity contribution is 6.05. The molecule has 0 unspecified atom stereocenters. The molecule has 0 spiro atoms. The highest BCUT2D eigenvalue weighted by atomic mass is 14.9. The van der Waals surface area contributed by atoms with Crippen molar-refractivity contribution in [3.63, 3.8) is 0 Å². The largest absolute Gasteiger partial charge is 0.228 e. The van der Waals surface area contributed by atoms with Crippen LogP contribution in [0.15, 0.2) is 255 Å². The zero-order valence-corrected chi connectivity index (χ0v) is 35.6. The molecule has 0 saturated carbocycles. The van der Waals surface area contributed by atoms with Crippen LogP contribution in [0.2, 0.25) is 0 Å². The summed E-state index contributed by atoms with van der Waals surface area (Å²) in [7, 11) is 0. The van der Waals surface area contributed by atoms with E-state index in [2.05, 4.69) is 231 Å². The van der Waals surface area contributed by atoms with Crippen molar-refractivity contribution >= 4 is 10.8 Å². The second kappa shape index (κ2) is 16.0. The number of benzene rings is 10. The molecule has 11 aromatic rings. The van der Waals surface area contributed by atoms with Crippen LogP contribution in [0, 0.1) is 0 Å². The van der Waals surface area contributed by atoms with Crippen LogP contribution in [-0.2, 0) is 5.41 Å². The van der Waals surface area contributed by atoms with Crippen molar-refractivity contribution in [2.75, 3.05) is 0 Å². The van der Waals surface area contributed by atoms with Crippen LogP contribution in [0.25, 0.3) is 89.2 Å². The van der Waals surface area contributed by atoms with Gasteiger partial charge in [0, 0.05) is 16.7 Å². The minimum atomic E-state index is -0.488. The fraction of sp³-hybridized carbons (Fsp3) is 0.0159. The molecule has 12 rings (SSSR count). The van der Waals surface area contributed by atoms with Crippen molar-refractivity contribution in [1.29, 1.82) is 0 Å². The maximum atomic E-state index is 5.25. The molecule has 304 valence electrons. The van der Waals surface area contributed by atoms with E-state index in [0.29, 0.717) is 5.82 Å². The number of hydrogen-bond acceptors (Lipinski definition) is 2. The highest BCUT2D eigenvalue weighted by Crippen LogP contribution is 2.57. The monoisotopic (exact) mass is 826 g/mol. The Bertz CT molecular complexity index is 3410. The van der Waals surface area contributed by atoms with E-state index in [9.17, 15) is 0 Å². The lowest BCUT2D eigenvalue weighted by atomic mass is 9.67. The SMILES string of the molecule is c1ccc(-c2cc(-c3ccc4c(c3)C(c3ccccc3)(c3ccccc3)c3ccccc3-4)cc(-c3ccc(-c4cc(-c5ccccc5)nc(-c5ccccc5)n4)c4ccccc34)c2)cc1. The summed E-state index contributed by atoms with van der Waals surface area (Å²) in [5.41, 5.74) is 19.1. The van der Waals surface area contributed by atoms with E-state index in [1.165, 1.54) is 66.6 Å². The molecule has 0 saturated heterocycles. The molecule has 0 aliphatic heterocycles. The fourth-order valence-electron chi connectivity index (χ4n) is 10.2. The lowest BCUT2D eigenvalue weighted by Crippen LogP contribution is -2.28. The minimum Gasteiger partial charge on any atom is -0.228 e. The summed E-state index contributed by atoms with van der Waals surface area (Å²) >= 11 is 0. The molecule has 0 fully saturated rings. The van der Waals surface area contributed by atoms with Crippen molar-refractivity contribution in [3.05, 3.63) is 277 Å². The molecule has 0 atom stereocenters. The van der Waals surface area contributed by atoms with Gasteiger partial charge in [0.25, 0.3) is 0 Å². The maximum absolute atomic E-state index is 5.25. The van der Waals surface area contributed by atoms with Gasteiger partial charge in [-0.1, -0.05) is 224 Å². The summed E-state index contributed by atoms with van der Waals surface area (Å²) in [4.78, 5) is 10.3. The average molecular weight is 827 g/mol. The van der Waals surface area contributed by atoms with Gasteiger partial charge in [0.2, 0.25) is 0 Å². The van der Waals surface area contributed by atoms with E-state index < -0.39 is 5.41 Å². The number of hydrogen-bond donors (Lipinski definition) is 0. The summed E-state index contributed by atoms with van der Waals surface area (Å²) in [5.74, 6) is 0.705. The molecule has 1 aliphatic rings. The van der Waals surface area contributed by atoms with Gasteiger partial charge in [0.05, 0.1) is 16.8 Å². The lowest BCUT2D eigenvalue weighted by Gasteiger charge is -2.34. The van der Waals surface area contributed by atoms with E-state index >= 15 is 0 Å². The van der Waals surface area contributed by atoms with Crippen LogP contribution in [0.4, 0.5) is 0 Å². The summed E-state index contributed by atoms with van der Waals surface area (Å²) in [6.07, 6.45) is 0. The van der Waals surface area contributed by atoms with Gasteiger partial charge in [-0.2, -0.15) is 0 Å². The van der Waals surface area contributed by atoms with Gasteiger partial charge in [-0.15, -0.1) is 0 Å². The third-order valence-electron chi connectivity index (χ3n) is 13.2. The molecular formula is C63H42N2. The average Bonchev–Trinajstić information content (AvgIpc) is 3.69. The van der Waals surface area contributed by atoms with Crippen LogP contribution >= 0.6 is 0 Å². The Balaban J connectivity index is 1.06. The third-order valence-corrected chi connectivity index (χ3v) is 13.2. The smallest absolute Gasteiger partial charge is 0.160 e. The molecule has 10 aromatic carbocycles. The molecule has 1 aromatic heterocycles.